The molecule has 0 aromatic heterocycles. The fourth-order valence-corrected chi connectivity index (χ4v) is 1.81. The van der Waals surface area contributed by atoms with Crippen molar-refractivity contribution in [1.82, 2.24) is 4.90 Å². The second-order valence-corrected chi connectivity index (χ2v) is 5.97. The molecular formula is C17H23F2NO2. The highest BCUT2D eigenvalue weighted by Gasteiger charge is 2.20. The third kappa shape index (κ3) is 5.84. The maximum atomic E-state index is 13.5. The van der Waals surface area contributed by atoms with E-state index in [1.807, 2.05) is 6.92 Å². The summed E-state index contributed by atoms with van der Waals surface area (Å²) in [6, 6.07) is 3.99. The van der Waals surface area contributed by atoms with Crippen molar-refractivity contribution in [3.05, 3.63) is 41.5 Å². The molecule has 0 radical (unpaired) electrons. The zero-order chi connectivity index (χ0) is 16.8. The molecule has 0 heterocycles. The smallest absolute Gasteiger partial charge is 0.410 e. The van der Waals surface area contributed by atoms with Gasteiger partial charge in [0.1, 0.15) is 5.60 Å². The second-order valence-electron chi connectivity index (χ2n) is 5.97. The molecule has 0 saturated carbocycles. The van der Waals surface area contributed by atoms with E-state index in [1.54, 1.807) is 26.8 Å². The van der Waals surface area contributed by atoms with Crippen molar-refractivity contribution < 1.29 is 18.3 Å². The number of carbonyl (C=O) groups excluding carboxylic acids is 1. The van der Waals surface area contributed by atoms with Crippen LogP contribution in [0, 0.1) is 11.6 Å². The van der Waals surface area contributed by atoms with Gasteiger partial charge in [0.25, 0.3) is 0 Å². The van der Waals surface area contributed by atoms with Gasteiger partial charge in [-0.15, -0.1) is 0 Å². The highest BCUT2D eigenvalue weighted by atomic mass is 19.2. The topological polar surface area (TPSA) is 29.5 Å². The third-order valence-electron chi connectivity index (χ3n) is 2.75. The van der Waals surface area contributed by atoms with Gasteiger partial charge in [-0.3, -0.25) is 0 Å². The number of halogens is 2. The van der Waals surface area contributed by atoms with E-state index in [1.165, 1.54) is 23.1 Å². The molecule has 1 rings (SSSR count). The van der Waals surface area contributed by atoms with E-state index in [2.05, 4.69) is 0 Å². The summed E-state index contributed by atoms with van der Waals surface area (Å²) in [6.07, 6.45) is 3.45. The number of carbonyl (C=O) groups is 1. The fraction of sp³-hybridized carbons (Fsp3) is 0.471. The Morgan fingerprint density at radius 2 is 2.00 bits per heavy atom. The summed E-state index contributed by atoms with van der Waals surface area (Å²) in [5.74, 6) is -1.78. The largest absolute Gasteiger partial charge is 0.444 e. The van der Waals surface area contributed by atoms with Crippen LogP contribution in [-0.4, -0.2) is 29.7 Å². The molecule has 1 amide bonds. The van der Waals surface area contributed by atoms with Crippen molar-refractivity contribution in [2.75, 3.05) is 13.1 Å². The van der Waals surface area contributed by atoms with E-state index in [0.717, 1.165) is 12.5 Å². The molecule has 0 unspecified atom stereocenters. The van der Waals surface area contributed by atoms with E-state index in [-0.39, 0.29) is 12.1 Å². The van der Waals surface area contributed by atoms with Crippen LogP contribution >= 0.6 is 0 Å². The van der Waals surface area contributed by atoms with Crippen LogP contribution in [-0.2, 0) is 4.74 Å². The van der Waals surface area contributed by atoms with Gasteiger partial charge in [0.2, 0.25) is 0 Å². The van der Waals surface area contributed by atoms with E-state index >= 15 is 0 Å². The second kappa shape index (κ2) is 7.92. The number of hydrogen-bond donors (Lipinski definition) is 0. The Balaban J connectivity index is 2.73. The highest BCUT2D eigenvalue weighted by molar-refractivity contribution is 5.68. The molecule has 0 bridgehead atoms. The molecule has 1 aromatic carbocycles. The Hall–Kier alpha value is -1.91. The summed E-state index contributed by atoms with van der Waals surface area (Å²) < 4.78 is 31.9. The van der Waals surface area contributed by atoms with Crippen molar-refractivity contribution in [1.29, 1.82) is 0 Å². The summed E-state index contributed by atoms with van der Waals surface area (Å²) in [5, 5.41) is 0. The van der Waals surface area contributed by atoms with Crippen LogP contribution in [0.2, 0.25) is 0 Å². The standard InChI is InChI=1S/C17H23F2NO2/c1-5-11-20(16(21)22-17(2,3)4)12-7-9-13-8-6-10-14(18)15(13)19/h6-10H,5,11-12H2,1-4H3/b9-7+. The Morgan fingerprint density at radius 1 is 1.32 bits per heavy atom. The molecule has 0 aliphatic rings. The minimum atomic E-state index is -0.891. The number of hydrogen-bond acceptors (Lipinski definition) is 2. The lowest BCUT2D eigenvalue weighted by Gasteiger charge is -2.26. The fourth-order valence-electron chi connectivity index (χ4n) is 1.81. The summed E-state index contributed by atoms with van der Waals surface area (Å²) in [4.78, 5) is 13.6. The molecule has 22 heavy (non-hydrogen) atoms. The van der Waals surface area contributed by atoms with Gasteiger partial charge in [0.05, 0.1) is 0 Å². The normalized spacial score (nSPS) is 11.7. The van der Waals surface area contributed by atoms with Crippen LogP contribution < -0.4 is 0 Å². The molecule has 5 heteroatoms. The quantitative estimate of drug-likeness (QED) is 0.793. The summed E-state index contributed by atoms with van der Waals surface area (Å²) in [6.45, 7) is 8.16. The first-order valence-electron chi connectivity index (χ1n) is 7.33. The Kier molecular flexibility index (Phi) is 6.53. The summed E-state index contributed by atoms with van der Waals surface area (Å²) >= 11 is 0. The van der Waals surface area contributed by atoms with Crippen molar-refractivity contribution in [3.63, 3.8) is 0 Å². The predicted molar refractivity (Wildman–Crippen MR) is 83.5 cm³/mol. The zero-order valence-electron chi connectivity index (χ0n) is 13.5. The number of nitrogens with zero attached hydrogens (tertiary/aromatic N) is 1. The first-order valence-corrected chi connectivity index (χ1v) is 7.33. The van der Waals surface area contributed by atoms with E-state index < -0.39 is 23.3 Å². The van der Waals surface area contributed by atoms with Gasteiger partial charge < -0.3 is 9.64 Å². The molecular weight excluding hydrogens is 288 g/mol. The average Bonchev–Trinajstić information content (AvgIpc) is 2.40. The van der Waals surface area contributed by atoms with Crippen LogP contribution in [0.3, 0.4) is 0 Å². The number of amides is 1. The SMILES string of the molecule is CCCN(C/C=C/c1cccc(F)c1F)C(=O)OC(C)(C)C. The van der Waals surface area contributed by atoms with Crippen LogP contribution in [0.15, 0.2) is 24.3 Å². The lowest BCUT2D eigenvalue weighted by molar-refractivity contribution is 0.0272. The zero-order valence-corrected chi connectivity index (χ0v) is 13.5. The lowest BCUT2D eigenvalue weighted by Crippen LogP contribution is -2.37. The monoisotopic (exact) mass is 311 g/mol. The molecule has 0 N–H and O–H groups in total. The van der Waals surface area contributed by atoms with Crippen molar-refractivity contribution >= 4 is 12.2 Å². The van der Waals surface area contributed by atoms with Gasteiger partial charge in [-0.1, -0.05) is 31.2 Å². The molecule has 0 aliphatic heterocycles. The predicted octanol–water partition coefficient (Wildman–Crippen LogP) is 4.63. The number of rotatable bonds is 5. The summed E-state index contributed by atoms with van der Waals surface area (Å²) in [7, 11) is 0. The van der Waals surface area contributed by atoms with Crippen molar-refractivity contribution in [2.24, 2.45) is 0 Å². The summed E-state index contributed by atoms with van der Waals surface area (Å²) in [5.41, 5.74) is -0.415. The van der Waals surface area contributed by atoms with Gasteiger partial charge in [0, 0.05) is 18.7 Å². The molecule has 3 nitrogen and oxygen atoms in total. The molecule has 0 saturated heterocycles. The molecule has 1 aromatic rings. The van der Waals surface area contributed by atoms with Crippen molar-refractivity contribution in [3.8, 4) is 0 Å². The van der Waals surface area contributed by atoms with Crippen LogP contribution in [0.4, 0.5) is 13.6 Å². The van der Waals surface area contributed by atoms with Crippen LogP contribution in [0.5, 0.6) is 0 Å². The average molecular weight is 311 g/mol. The molecule has 0 atom stereocenters. The molecule has 0 spiro atoms. The molecule has 0 fully saturated rings. The van der Waals surface area contributed by atoms with E-state index in [4.69, 9.17) is 4.74 Å². The number of ether oxygens (including phenoxy) is 1. The maximum Gasteiger partial charge on any atom is 0.410 e. The van der Waals surface area contributed by atoms with Crippen LogP contribution in [0.25, 0.3) is 6.08 Å². The highest BCUT2D eigenvalue weighted by Crippen LogP contribution is 2.14. The molecule has 122 valence electrons. The Labute approximate surface area is 130 Å². The Bertz CT molecular complexity index is 536. The van der Waals surface area contributed by atoms with Gasteiger partial charge in [-0.25, -0.2) is 13.6 Å². The van der Waals surface area contributed by atoms with Gasteiger partial charge in [0.15, 0.2) is 11.6 Å². The minimum absolute atomic E-state index is 0.153. The van der Waals surface area contributed by atoms with Crippen LogP contribution in [0.1, 0.15) is 39.7 Å². The third-order valence-corrected chi connectivity index (χ3v) is 2.75. The van der Waals surface area contributed by atoms with E-state index in [9.17, 15) is 13.6 Å². The molecule has 0 aliphatic carbocycles. The van der Waals surface area contributed by atoms with Gasteiger partial charge >= 0.3 is 6.09 Å². The first kappa shape index (κ1) is 18.1. The maximum absolute atomic E-state index is 13.5. The minimum Gasteiger partial charge on any atom is -0.444 e. The number of benzene rings is 1. The van der Waals surface area contributed by atoms with E-state index in [0.29, 0.717) is 6.54 Å². The first-order chi connectivity index (χ1) is 10.2. The Morgan fingerprint density at radius 3 is 2.59 bits per heavy atom. The van der Waals surface area contributed by atoms with Crippen molar-refractivity contribution in [2.45, 2.75) is 39.7 Å². The van der Waals surface area contributed by atoms with Gasteiger partial charge in [-0.2, -0.15) is 0 Å². The van der Waals surface area contributed by atoms with Gasteiger partial charge in [-0.05, 0) is 33.3 Å². The lowest BCUT2D eigenvalue weighted by atomic mass is 10.2.